The number of carbonyl (C=O) groups excluding carboxylic acids is 1. The van der Waals surface area contributed by atoms with Crippen molar-refractivity contribution < 1.29 is 13.2 Å². The van der Waals surface area contributed by atoms with E-state index in [2.05, 4.69) is 21.2 Å². The van der Waals surface area contributed by atoms with Crippen molar-refractivity contribution in [3.8, 4) is 0 Å². The number of hydrogen-bond donors (Lipinski definition) is 2. The van der Waals surface area contributed by atoms with Crippen LogP contribution < -0.4 is 10.5 Å². The highest BCUT2D eigenvalue weighted by molar-refractivity contribution is 9.10. The molecule has 0 heterocycles. The van der Waals surface area contributed by atoms with Gasteiger partial charge in [-0.25, -0.2) is 13.6 Å². The number of amides is 1. The van der Waals surface area contributed by atoms with Gasteiger partial charge >= 0.3 is 0 Å². The van der Waals surface area contributed by atoms with Gasteiger partial charge < -0.3 is 5.32 Å². The van der Waals surface area contributed by atoms with Crippen molar-refractivity contribution in [3.05, 3.63) is 27.2 Å². The third-order valence-electron chi connectivity index (χ3n) is 3.26. The van der Waals surface area contributed by atoms with Crippen LogP contribution in [0.1, 0.15) is 37.6 Å². The number of nitrogens with one attached hydrogen (secondary N) is 1. The lowest BCUT2D eigenvalue weighted by molar-refractivity contribution is 0.0935. The first-order valence-electron chi connectivity index (χ1n) is 6.28. The van der Waals surface area contributed by atoms with Gasteiger partial charge in [0.15, 0.2) is 0 Å². The Kier molecular flexibility index (Phi) is 5.83. The van der Waals surface area contributed by atoms with Crippen LogP contribution in [0.4, 0.5) is 0 Å². The highest BCUT2D eigenvalue weighted by Gasteiger charge is 2.21. The van der Waals surface area contributed by atoms with Gasteiger partial charge in [0.1, 0.15) is 0 Å². The summed E-state index contributed by atoms with van der Waals surface area (Å²) >= 11 is 9.08. The number of benzene rings is 1. The third kappa shape index (κ3) is 4.95. The Hall–Kier alpha value is -0.630. The number of primary sulfonamides is 1. The molecule has 5 nitrogen and oxygen atoms in total. The molecule has 21 heavy (non-hydrogen) atoms. The minimum absolute atomic E-state index is 0.0553. The van der Waals surface area contributed by atoms with E-state index in [1.54, 1.807) is 0 Å². The Labute approximate surface area is 138 Å². The van der Waals surface area contributed by atoms with E-state index in [9.17, 15) is 13.2 Å². The molecule has 0 atom stereocenters. The molecule has 0 bridgehead atoms. The van der Waals surface area contributed by atoms with Gasteiger partial charge in [-0.1, -0.05) is 32.4 Å². The molecule has 0 aliphatic rings. The Morgan fingerprint density at radius 3 is 2.48 bits per heavy atom. The second-order valence-corrected chi connectivity index (χ2v) is 8.30. The van der Waals surface area contributed by atoms with E-state index >= 15 is 0 Å². The first kappa shape index (κ1) is 18.4. The zero-order valence-electron chi connectivity index (χ0n) is 12.0. The lowest BCUT2D eigenvalue weighted by Gasteiger charge is -2.23. The van der Waals surface area contributed by atoms with Gasteiger partial charge in [0, 0.05) is 11.0 Å². The summed E-state index contributed by atoms with van der Waals surface area (Å²) in [6.07, 6.45) is 0.893. The Balaban J connectivity index is 3.11. The molecule has 0 aromatic heterocycles. The molecule has 3 N–H and O–H groups in total. The predicted molar refractivity (Wildman–Crippen MR) is 86.9 cm³/mol. The van der Waals surface area contributed by atoms with Crippen LogP contribution in [0.3, 0.4) is 0 Å². The molecule has 1 aromatic carbocycles. The molecule has 1 aromatic rings. The average molecular weight is 398 g/mol. The molecule has 0 radical (unpaired) electrons. The maximum absolute atomic E-state index is 12.2. The number of nitrogens with two attached hydrogens (primary N) is 1. The topological polar surface area (TPSA) is 89.3 Å². The van der Waals surface area contributed by atoms with Crippen molar-refractivity contribution in [1.82, 2.24) is 5.32 Å². The van der Waals surface area contributed by atoms with E-state index < -0.39 is 15.9 Å². The molecule has 0 fully saturated rings. The van der Waals surface area contributed by atoms with Gasteiger partial charge in [-0.05, 0) is 39.9 Å². The molecule has 118 valence electrons. The zero-order valence-corrected chi connectivity index (χ0v) is 15.2. The predicted octanol–water partition coefficient (Wildman–Crippen LogP) is 2.92. The summed E-state index contributed by atoms with van der Waals surface area (Å²) in [5.74, 6) is -0.432. The second kappa shape index (κ2) is 6.64. The average Bonchev–Trinajstić information content (AvgIpc) is 2.34. The molecule has 0 aliphatic carbocycles. The van der Waals surface area contributed by atoms with E-state index in [0.29, 0.717) is 6.54 Å². The van der Waals surface area contributed by atoms with Crippen molar-refractivity contribution in [2.24, 2.45) is 10.6 Å². The van der Waals surface area contributed by atoms with Crippen molar-refractivity contribution in [2.45, 2.75) is 32.1 Å². The van der Waals surface area contributed by atoms with Crippen molar-refractivity contribution in [1.29, 1.82) is 0 Å². The lowest BCUT2D eigenvalue weighted by atomic mass is 9.90. The van der Waals surface area contributed by atoms with Crippen molar-refractivity contribution in [2.75, 3.05) is 6.54 Å². The minimum Gasteiger partial charge on any atom is -0.351 e. The van der Waals surface area contributed by atoms with E-state index in [1.165, 1.54) is 12.1 Å². The summed E-state index contributed by atoms with van der Waals surface area (Å²) < 4.78 is 23.2. The summed E-state index contributed by atoms with van der Waals surface area (Å²) in [6.45, 7) is 6.52. The molecule has 1 amide bonds. The Morgan fingerprint density at radius 1 is 1.43 bits per heavy atom. The standard InChI is InChI=1S/C13H18BrClN2O3S/c1-4-13(2,3)7-17-12(18)8-5-11(21(16,19)20)9(14)6-10(8)15/h5-6H,4,7H2,1-3H3,(H,17,18)(H2,16,19,20). The summed E-state index contributed by atoms with van der Waals surface area (Å²) in [7, 11) is -3.94. The molecule has 8 heteroatoms. The molecule has 1 rings (SSSR count). The SMILES string of the molecule is CCC(C)(C)CNC(=O)c1cc(S(N)(=O)=O)c(Br)cc1Cl. The number of halogens is 2. The Morgan fingerprint density at radius 2 is 2.00 bits per heavy atom. The molecule has 0 unspecified atom stereocenters. The zero-order chi connectivity index (χ0) is 16.4. The van der Waals surface area contributed by atoms with E-state index in [4.69, 9.17) is 16.7 Å². The smallest absolute Gasteiger partial charge is 0.252 e. The fourth-order valence-electron chi connectivity index (χ4n) is 1.46. The first-order valence-corrected chi connectivity index (χ1v) is 8.99. The maximum Gasteiger partial charge on any atom is 0.252 e. The van der Waals surface area contributed by atoms with Crippen LogP contribution in [-0.2, 0) is 10.0 Å². The fraction of sp³-hybridized carbons (Fsp3) is 0.462. The maximum atomic E-state index is 12.2. The largest absolute Gasteiger partial charge is 0.351 e. The number of hydrogen-bond acceptors (Lipinski definition) is 3. The van der Waals surface area contributed by atoms with Crippen LogP contribution in [0, 0.1) is 5.41 Å². The van der Waals surface area contributed by atoms with E-state index in [-0.39, 0.29) is 25.4 Å². The summed E-state index contributed by atoms with van der Waals surface area (Å²) in [5, 5.41) is 8.02. The highest BCUT2D eigenvalue weighted by Crippen LogP contribution is 2.28. The summed E-state index contributed by atoms with van der Waals surface area (Å²) in [4.78, 5) is 12.0. The molecular weight excluding hydrogens is 380 g/mol. The van der Waals surface area contributed by atoms with Gasteiger partial charge in [0.25, 0.3) is 5.91 Å². The monoisotopic (exact) mass is 396 g/mol. The van der Waals surface area contributed by atoms with Crippen LogP contribution in [0.25, 0.3) is 0 Å². The highest BCUT2D eigenvalue weighted by atomic mass is 79.9. The lowest BCUT2D eigenvalue weighted by Crippen LogP contribution is -2.33. The normalized spacial score (nSPS) is 12.3. The first-order chi connectivity index (χ1) is 9.48. The number of rotatable bonds is 5. The molecule has 0 spiro atoms. The second-order valence-electron chi connectivity index (χ2n) is 5.51. The summed E-state index contributed by atoms with van der Waals surface area (Å²) in [5.41, 5.74) is 0.0242. The fourth-order valence-corrected chi connectivity index (χ4v) is 3.48. The molecule has 0 aliphatic heterocycles. The Bertz CT molecular complexity index is 660. The number of sulfonamides is 1. The van der Waals surface area contributed by atoms with Crippen LogP contribution >= 0.6 is 27.5 Å². The quantitative estimate of drug-likeness (QED) is 0.800. The molecule has 0 saturated carbocycles. The van der Waals surface area contributed by atoms with Crippen LogP contribution in [0.5, 0.6) is 0 Å². The van der Waals surface area contributed by atoms with Crippen molar-refractivity contribution >= 4 is 43.5 Å². The minimum atomic E-state index is -3.94. The van der Waals surface area contributed by atoms with Crippen molar-refractivity contribution in [3.63, 3.8) is 0 Å². The molecule has 0 saturated heterocycles. The number of carbonyl (C=O) groups is 1. The van der Waals surface area contributed by atoms with Crippen LogP contribution in [0.2, 0.25) is 5.02 Å². The van der Waals surface area contributed by atoms with Crippen LogP contribution in [0.15, 0.2) is 21.5 Å². The van der Waals surface area contributed by atoms with Gasteiger partial charge in [-0.15, -0.1) is 0 Å². The van der Waals surface area contributed by atoms with Gasteiger partial charge in [-0.3, -0.25) is 4.79 Å². The van der Waals surface area contributed by atoms with Crippen LogP contribution in [-0.4, -0.2) is 20.9 Å². The van der Waals surface area contributed by atoms with Gasteiger partial charge in [0.05, 0.1) is 15.5 Å². The third-order valence-corrected chi connectivity index (χ3v) is 5.44. The summed E-state index contributed by atoms with van der Waals surface area (Å²) in [6, 6.07) is 2.53. The molecular formula is C13H18BrClN2O3S. The van der Waals surface area contributed by atoms with Gasteiger partial charge in [-0.2, -0.15) is 0 Å². The van der Waals surface area contributed by atoms with E-state index in [1.807, 2.05) is 20.8 Å². The van der Waals surface area contributed by atoms with Gasteiger partial charge in [0.2, 0.25) is 10.0 Å². The van der Waals surface area contributed by atoms with E-state index in [0.717, 1.165) is 6.42 Å².